The fraction of sp³-hybridized carbons (Fsp3) is 0.520. The lowest BCUT2D eigenvalue weighted by atomic mass is 10.0. The molecule has 1 aliphatic rings. The Balaban J connectivity index is 1.65. The van der Waals surface area contributed by atoms with E-state index in [1.165, 1.54) is 25.7 Å². The van der Waals surface area contributed by atoms with Gasteiger partial charge in [-0.2, -0.15) is 0 Å². The van der Waals surface area contributed by atoms with E-state index in [0.29, 0.717) is 25.4 Å². The van der Waals surface area contributed by atoms with Crippen molar-refractivity contribution in [1.29, 1.82) is 0 Å². The van der Waals surface area contributed by atoms with Gasteiger partial charge >= 0.3 is 0 Å². The first-order chi connectivity index (χ1) is 14.5. The van der Waals surface area contributed by atoms with Gasteiger partial charge in [-0.25, -0.2) is 0 Å². The summed E-state index contributed by atoms with van der Waals surface area (Å²) < 4.78 is 0. The molecule has 0 radical (unpaired) electrons. The van der Waals surface area contributed by atoms with E-state index in [2.05, 4.69) is 6.07 Å². The van der Waals surface area contributed by atoms with Crippen molar-refractivity contribution in [3.8, 4) is 0 Å². The molecule has 1 heterocycles. The molecule has 0 bridgehead atoms. The third kappa shape index (κ3) is 6.69. The Morgan fingerprint density at radius 1 is 1.00 bits per heavy atom. The summed E-state index contributed by atoms with van der Waals surface area (Å²) >= 11 is 1.66. The Kier molecular flexibility index (Phi) is 8.50. The highest BCUT2D eigenvalue weighted by molar-refractivity contribution is 7.09. The number of rotatable bonds is 10. The molecule has 4 nitrogen and oxygen atoms in total. The van der Waals surface area contributed by atoms with Crippen molar-refractivity contribution in [3.05, 3.63) is 58.3 Å². The van der Waals surface area contributed by atoms with Crippen molar-refractivity contribution in [3.63, 3.8) is 0 Å². The maximum atomic E-state index is 13.3. The van der Waals surface area contributed by atoms with Crippen molar-refractivity contribution >= 4 is 23.2 Å². The number of carbonyl (C=O) groups excluding carboxylic acids is 2. The molecule has 3 rings (SSSR count). The predicted octanol–water partition coefficient (Wildman–Crippen LogP) is 5.48. The minimum absolute atomic E-state index is 0.00942. The van der Waals surface area contributed by atoms with E-state index in [4.69, 9.17) is 0 Å². The summed E-state index contributed by atoms with van der Waals surface area (Å²) in [5.74, 6) is 0.809. The molecule has 0 unspecified atom stereocenters. The Labute approximate surface area is 184 Å². The minimum atomic E-state index is 0.00942. The number of hydrogen-bond donors (Lipinski definition) is 0. The van der Waals surface area contributed by atoms with Gasteiger partial charge in [-0.05, 0) is 43.2 Å². The molecule has 0 aliphatic heterocycles. The van der Waals surface area contributed by atoms with Gasteiger partial charge in [-0.15, -0.1) is 11.3 Å². The fourth-order valence-corrected chi connectivity index (χ4v) is 4.92. The highest BCUT2D eigenvalue weighted by Gasteiger charge is 2.25. The van der Waals surface area contributed by atoms with Crippen LogP contribution in [0.15, 0.2) is 47.8 Å². The van der Waals surface area contributed by atoms with Crippen molar-refractivity contribution in [1.82, 2.24) is 9.80 Å². The molecule has 1 aromatic carbocycles. The summed E-state index contributed by atoms with van der Waals surface area (Å²) in [6.45, 7) is 5.29. The standard InChI is InChI=1S/C25H34N2O2S/c1-20(2)27(24(28)15-14-21-9-6-7-10-21)19-25(29)26(18-23-13-8-16-30-23)17-22-11-4-3-5-12-22/h3-5,8,11-13,16,20-21H,6-7,9-10,14-15,17-19H2,1-2H3. The van der Waals surface area contributed by atoms with Crippen LogP contribution in [0, 0.1) is 5.92 Å². The normalized spacial score (nSPS) is 14.2. The van der Waals surface area contributed by atoms with Crippen molar-refractivity contribution in [2.24, 2.45) is 5.92 Å². The summed E-state index contributed by atoms with van der Waals surface area (Å²) in [6, 6.07) is 14.2. The summed E-state index contributed by atoms with van der Waals surface area (Å²) in [5, 5.41) is 2.04. The largest absolute Gasteiger partial charge is 0.332 e. The molecule has 2 aromatic rings. The quantitative estimate of drug-likeness (QED) is 0.504. The summed E-state index contributed by atoms with van der Waals surface area (Å²) in [6.07, 6.45) is 6.60. The Hall–Kier alpha value is -2.14. The number of carbonyl (C=O) groups is 2. The third-order valence-electron chi connectivity index (χ3n) is 5.99. The predicted molar refractivity (Wildman–Crippen MR) is 123 cm³/mol. The number of thiophene rings is 1. The van der Waals surface area contributed by atoms with Crippen LogP contribution >= 0.6 is 11.3 Å². The average molecular weight is 427 g/mol. The topological polar surface area (TPSA) is 40.6 Å². The van der Waals surface area contributed by atoms with Crippen LogP contribution in [0.4, 0.5) is 0 Å². The van der Waals surface area contributed by atoms with E-state index < -0.39 is 0 Å². The van der Waals surface area contributed by atoms with Gasteiger partial charge in [0.1, 0.15) is 0 Å². The Morgan fingerprint density at radius 2 is 1.73 bits per heavy atom. The summed E-state index contributed by atoms with van der Waals surface area (Å²) in [4.78, 5) is 31.0. The second-order valence-corrected chi connectivity index (χ2v) is 9.65. The van der Waals surface area contributed by atoms with E-state index in [1.54, 1.807) is 16.2 Å². The molecule has 5 heteroatoms. The van der Waals surface area contributed by atoms with Crippen LogP contribution in [-0.2, 0) is 22.7 Å². The van der Waals surface area contributed by atoms with Gasteiger partial charge in [0.15, 0.2) is 0 Å². The van der Waals surface area contributed by atoms with Gasteiger partial charge in [0.05, 0.1) is 13.1 Å². The van der Waals surface area contributed by atoms with Crippen LogP contribution in [0.25, 0.3) is 0 Å². The highest BCUT2D eigenvalue weighted by atomic mass is 32.1. The molecule has 0 atom stereocenters. The van der Waals surface area contributed by atoms with Crippen LogP contribution in [0.3, 0.4) is 0 Å². The average Bonchev–Trinajstić information content (AvgIpc) is 3.44. The molecule has 0 spiro atoms. The first-order valence-electron chi connectivity index (χ1n) is 11.2. The molecule has 1 aromatic heterocycles. The molecule has 1 fully saturated rings. The van der Waals surface area contributed by atoms with Crippen molar-refractivity contribution < 1.29 is 9.59 Å². The highest BCUT2D eigenvalue weighted by Crippen LogP contribution is 2.29. The fourth-order valence-electron chi connectivity index (χ4n) is 4.20. The molecule has 2 amide bonds. The van der Waals surface area contributed by atoms with Crippen molar-refractivity contribution in [2.45, 2.75) is 71.5 Å². The zero-order chi connectivity index (χ0) is 21.3. The SMILES string of the molecule is CC(C)N(CC(=O)N(Cc1ccccc1)Cc1cccs1)C(=O)CCC1CCCC1. The Morgan fingerprint density at radius 3 is 2.37 bits per heavy atom. The van der Waals surface area contributed by atoms with Crippen LogP contribution in [-0.4, -0.2) is 34.2 Å². The van der Waals surface area contributed by atoms with Crippen LogP contribution in [0.2, 0.25) is 0 Å². The van der Waals surface area contributed by atoms with E-state index in [-0.39, 0.29) is 24.4 Å². The number of hydrogen-bond acceptors (Lipinski definition) is 3. The van der Waals surface area contributed by atoms with Gasteiger partial charge in [0.25, 0.3) is 0 Å². The van der Waals surface area contributed by atoms with E-state index in [1.807, 2.05) is 60.5 Å². The molecule has 30 heavy (non-hydrogen) atoms. The zero-order valence-corrected chi connectivity index (χ0v) is 19.1. The third-order valence-corrected chi connectivity index (χ3v) is 6.85. The van der Waals surface area contributed by atoms with Crippen LogP contribution < -0.4 is 0 Å². The molecule has 0 saturated heterocycles. The van der Waals surface area contributed by atoms with Gasteiger partial charge in [0.2, 0.25) is 11.8 Å². The Bertz CT molecular complexity index is 783. The monoisotopic (exact) mass is 426 g/mol. The van der Waals surface area contributed by atoms with Crippen molar-refractivity contribution in [2.75, 3.05) is 6.54 Å². The molecule has 162 valence electrons. The first kappa shape index (κ1) is 22.5. The second-order valence-electron chi connectivity index (χ2n) is 8.62. The lowest BCUT2D eigenvalue weighted by Gasteiger charge is -2.30. The number of nitrogens with zero attached hydrogens (tertiary/aromatic N) is 2. The summed E-state index contributed by atoms with van der Waals surface area (Å²) in [5.41, 5.74) is 1.10. The number of amides is 2. The molecule has 1 saturated carbocycles. The van der Waals surface area contributed by atoms with Crippen LogP contribution in [0.5, 0.6) is 0 Å². The zero-order valence-electron chi connectivity index (χ0n) is 18.3. The van der Waals surface area contributed by atoms with Gasteiger partial charge in [-0.1, -0.05) is 62.1 Å². The maximum Gasteiger partial charge on any atom is 0.242 e. The number of benzene rings is 1. The first-order valence-corrected chi connectivity index (χ1v) is 12.0. The maximum absolute atomic E-state index is 13.3. The smallest absolute Gasteiger partial charge is 0.242 e. The van der Waals surface area contributed by atoms with E-state index in [9.17, 15) is 9.59 Å². The van der Waals surface area contributed by atoms with Gasteiger partial charge in [0, 0.05) is 23.9 Å². The molecular formula is C25H34N2O2S. The lowest BCUT2D eigenvalue weighted by molar-refractivity contribution is -0.142. The second kappa shape index (κ2) is 11.3. The lowest BCUT2D eigenvalue weighted by Crippen LogP contribution is -2.45. The van der Waals surface area contributed by atoms with E-state index in [0.717, 1.165) is 16.9 Å². The molecule has 0 N–H and O–H groups in total. The van der Waals surface area contributed by atoms with Gasteiger partial charge < -0.3 is 9.80 Å². The minimum Gasteiger partial charge on any atom is -0.332 e. The van der Waals surface area contributed by atoms with E-state index >= 15 is 0 Å². The molecule has 1 aliphatic carbocycles. The molecular weight excluding hydrogens is 392 g/mol. The summed E-state index contributed by atoms with van der Waals surface area (Å²) in [7, 11) is 0. The van der Waals surface area contributed by atoms with Crippen LogP contribution in [0.1, 0.15) is 62.8 Å². The van der Waals surface area contributed by atoms with Gasteiger partial charge in [-0.3, -0.25) is 9.59 Å².